The number of benzene rings is 1. The summed E-state index contributed by atoms with van der Waals surface area (Å²) in [6, 6.07) is 4.77. The molecule has 28 heavy (non-hydrogen) atoms. The fourth-order valence-corrected chi connectivity index (χ4v) is 2.44. The van der Waals surface area contributed by atoms with Crippen LogP contribution >= 0.6 is 0 Å². The molecule has 1 aromatic carbocycles. The summed E-state index contributed by atoms with van der Waals surface area (Å²) in [7, 11) is 1.40. The van der Waals surface area contributed by atoms with Crippen molar-refractivity contribution in [3.63, 3.8) is 0 Å². The number of nitrogens with zero attached hydrogens (tertiary/aromatic N) is 1. The van der Waals surface area contributed by atoms with Crippen molar-refractivity contribution >= 4 is 11.9 Å². The minimum Gasteiger partial charge on any atom is -0.481 e. The van der Waals surface area contributed by atoms with Gasteiger partial charge >= 0.3 is 6.09 Å². The van der Waals surface area contributed by atoms with Crippen LogP contribution in [0.1, 0.15) is 36.7 Å². The summed E-state index contributed by atoms with van der Waals surface area (Å²) in [6.07, 6.45) is 0.374. The lowest BCUT2D eigenvalue weighted by Gasteiger charge is -2.23. The molecule has 150 valence electrons. The second-order valence-electron chi connectivity index (χ2n) is 7.09. The van der Waals surface area contributed by atoms with Crippen molar-refractivity contribution in [2.45, 2.75) is 38.8 Å². The van der Waals surface area contributed by atoms with Gasteiger partial charge in [0.05, 0.1) is 13.2 Å². The number of ketones is 1. The third-order valence-electron chi connectivity index (χ3n) is 3.68. The molecule has 6 nitrogen and oxygen atoms in total. The molecule has 1 aromatic heterocycles. The average molecular weight is 392 g/mol. The monoisotopic (exact) mass is 392 g/mol. The molecule has 0 bridgehead atoms. The number of alkyl carbamates (subject to hydrolysis) is 1. The Labute approximate surface area is 161 Å². The summed E-state index contributed by atoms with van der Waals surface area (Å²) >= 11 is 0. The van der Waals surface area contributed by atoms with E-state index < -0.39 is 35.2 Å². The maximum atomic E-state index is 14.1. The number of ether oxygens (including phenoxy) is 2. The molecule has 0 aliphatic rings. The van der Waals surface area contributed by atoms with E-state index in [1.807, 2.05) is 0 Å². The van der Waals surface area contributed by atoms with Crippen LogP contribution < -0.4 is 10.1 Å². The van der Waals surface area contributed by atoms with Crippen molar-refractivity contribution in [2.75, 3.05) is 7.11 Å². The fraction of sp³-hybridized carbons (Fsp3) is 0.350. The molecular weight excluding hydrogens is 370 g/mol. The highest BCUT2D eigenvalue weighted by molar-refractivity contribution is 6.01. The largest absolute Gasteiger partial charge is 0.481 e. The predicted molar refractivity (Wildman–Crippen MR) is 98.3 cm³/mol. The fourth-order valence-electron chi connectivity index (χ4n) is 2.44. The molecule has 0 unspecified atom stereocenters. The zero-order valence-electron chi connectivity index (χ0n) is 16.1. The number of carbonyl (C=O) groups excluding carboxylic acids is 2. The van der Waals surface area contributed by atoms with Gasteiger partial charge in [-0.15, -0.1) is 0 Å². The van der Waals surface area contributed by atoms with Gasteiger partial charge in [-0.1, -0.05) is 6.07 Å². The van der Waals surface area contributed by atoms with Crippen LogP contribution in [-0.2, 0) is 11.2 Å². The topological polar surface area (TPSA) is 77.5 Å². The number of aromatic nitrogens is 1. The molecule has 0 saturated carbocycles. The molecule has 0 saturated heterocycles. The van der Waals surface area contributed by atoms with E-state index in [-0.39, 0.29) is 23.4 Å². The van der Waals surface area contributed by atoms with Crippen molar-refractivity contribution in [1.29, 1.82) is 0 Å². The summed E-state index contributed by atoms with van der Waals surface area (Å²) in [5, 5.41) is 2.47. The summed E-state index contributed by atoms with van der Waals surface area (Å²) in [6.45, 7) is 5.03. The van der Waals surface area contributed by atoms with E-state index in [1.54, 1.807) is 20.8 Å². The summed E-state index contributed by atoms with van der Waals surface area (Å²) in [5.74, 6) is -1.82. The number of hydrogen-bond acceptors (Lipinski definition) is 5. The van der Waals surface area contributed by atoms with Gasteiger partial charge in [0.2, 0.25) is 5.88 Å². The Morgan fingerprint density at radius 3 is 2.50 bits per heavy atom. The number of methoxy groups -OCH3 is 1. The lowest BCUT2D eigenvalue weighted by atomic mass is 9.98. The molecule has 1 N–H and O–H groups in total. The van der Waals surface area contributed by atoms with Crippen LogP contribution in [0.3, 0.4) is 0 Å². The van der Waals surface area contributed by atoms with Crippen LogP contribution in [0.4, 0.5) is 13.6 Å². The van der Waals surface area contributed by atoms with Gasteiger partial charge in [-0.25, -0.2) is 18.6 Å². The van der Waals surface area contributed by atoms with Crippen LogP contribution in [0.25, 0.3) is 0 Å². The molecule has 0 fully saturated rings. The zero-order chi connectivity index (χ0) is 20.9. The van der Waals surface area contributed by atoms with Crippen LogP contribution in [0, 0.1) is 11.6 Å². The van der Waals surface area contributed by atoms with Crippen LogP contribution in [-0.4, -0.2) is 35.6 Å². The second-order valence-corrected chi connectivity index (χ2v) is 7.09. The van der Waals surface area contributed by atoms with Crippen molar-refractivity contribution in [3.8, 4) is 5.88 Å². The normalized spacial score (nSPS) is 12.2. The lowest BCUT2D eigenvalue weighted by molar-refractivity contribution is 0.0491. The standard InChI is InChI=1S/C20H22F2N2O4/c1-20(2,3)28-19(26)24-16(9-12-5-6-14(21)11-15(12)22)18(25)13-7-8-23-17(10-13)27-4/h5-8,10-11,16H,9H2,1-4H3,(H,24,26)/t16-/m0/s1. The predicted octanol–water partition coefficient (Wildman–Crippen LogP) is 3.69. The van der Waals surface area contributed by atoms with Gasteiger partial charge in [0.25, 0.3) is 0 Å². The van der Waals surface area contributed by atoms with Gasteiger partial charge < -0.3 is 14.8 Å². The third kappa shape index (κ3) is 6.00. The maximum absolute atomic E-state index is 14.1. The number of halogens is 2. The van der Waals surface area contributed by atoms with Crippen molar-refractivity contribution < 1.29 is 27.8 Å². The smallest absolute Gasteiger partial charge is 0.408 e. The van der Waals surface area contributed by atoms with E-state index in [4.69, 9.17) is 9.47 Å². The van der Waals surface area contributed by atoms with E-state index in [1.165, 1.54) is 31.5 Å². The van der Waals surface area contributed by atoms with Gasteiger partial charge in [0, 0.05) is 30.3 Å². The molecule has 0 spiro atoms. The molecular formula is C20H22F2N2O4. The highest BCUT2D eigenvalue weighted by Gasteiger charge is 2.27. The molecule has 0 aliphatic carbocycles. The number of Topliss-reactive ketones (excluding diaryl/α,β-unsaturated/α-hetero) is 1. The summed E-state index contributed by atoms with van der Waals surface area (Å²) in [5.41, 5.74) is -0.481. The number of amides is 1. The van der Waals surface area contributed by atoms with Crippen LogP contribution in [0.2, 0.25) is 0 Å². The highest BCUT2D eigenvalue weighted by Crippen LogP contribution is 2.17. The molecule has 1 atom stereocenters. The van der Waals surface area contributed by atoms with Gasteiger partial charge in [0.15, 0.2) is 5.78 Å². The van der Waals surface area contributed by atoms with Gasteiger partial charge in [-0.3, -0.25) is 4.79 Å². The Hall–Kier alpha value is -3.03. The number of carbonyl (C=O) groups is 2. The van der Waals surface area contributed by atoms with Crippen LogP contribution in [0.5, 0.6) is 5.88 Å². The number of nitrogens with one attached hydrogen (secondary N) is 1. The molecule has 1 amide bonds. The first-order chi connectivity index (χ1) is 13.1. The Kier molecular flexibility index (Phi) is 6.66. The number of pyridine rings is 1. The maximum Gasteiger partial charge on any atom is 0.408 e. The van der Waals surface area contributed by atoms with Gasteiger partial charge in [-0.05, 0) is 38.5 Å². The van der Waals surface area contributed by atoms with Crippen LogP contribution in [0.15, 0.2) is 36.5 Å². The van der Waals surface area contributed by atoms with E-state index in [0.29, 0.717) is 0 Å². The van der Waals surface area contributed by atoms with Crippen molar-refractivity contribution in [2.24, 2.45) is 0 Å². The van der Waals surface area contributed by atoms with E-state index in [9.17, 15) is 18.4 Å². The molecule has 0 radical (unpaired) electrons. The average Bonchev–Trinajstić information content (AvgIpc) is 2.61. The highest BCUT2D eigenvalue weighted by atomic mass is 19.1. The molecule has 0 aliphatic heterocycles. The first-order valence-electron chi connectivity index (χ1n) is 8.57. The Bertz CT molecular complexity index is 866. The Morgan fingerprint density at radius 2 is 1.89 bits per heavy atom. The third-order valence-corrected chi connectivity index (χ3v) is 3.68. The van der Waals surface area contributed by atoms with Gasteiger partial charge in [-0.2, -0.15) is 0 Å². The summed E-state index contributed by atoms with van der Waals surface area (Å²) in [4.78, 5) is 29.1. The Balaban J connectivity index is 2.31. The molecule has 8 heteroatoms. The molecule has 1 heterocycles. The van der Waals surface area contributed by atoms with Crippen molar-refractivity contribution in [3.05, 3.63) is 59.3 Å². The van der Waals surface area contributed by atoms with Crippen molar-refractivity contribution in [1.82, 2.24) is 10.3 Å². The molecule has 2 rings (SSSR count). The van der Waals surface area contributed by atoms with E-state index in [0.717, 1.165) is 12.1 Å². The SMILES string of the molecule is COc1cc(C(=O)[C@H](Cc2ccc(F)cc2F)NC(=O)OC(C)(C)C)ccn1. The molecule has 2 aromatic rings. The first kappa shape index (κ1) is 21.3. The van der Waals surface area contributed by atoms with Gasteiger partial charge in [0.1, 0.15) is 17.2 Å². The lowest BCUT2D eigenvalue weighted by Crippen LogP contribution is -2.45. The summed E-state index contributed by atoms with van der Waals surface area (Å²) < 4.78 is 37.4. The zero-order valence-corrected chi connectivity index (χ0v) is 16.1. The minimum absolute atomic E-state index is 0.0804. The van der Waals surface area contributed by atoms with E-state index in [2.05, 4.69) is 10.3 Å². The van der Waals surface area contributed by atoms with E-state index >= 15 is 0 Å². The second kappa shape index (κ2) is 8.77. The Morgan fingerprint density at radius 1 is 1.18 bits per heavy atom. The number of hydrogen-bond donors (Lipinski definition) is 1. The quantitative estimate of drug-likeness (QED) is 0.759. The first-order valence-corrected chi connectivity index (χ1v) is 8.57. The minimum atomic E-state index is -1.14. The number of rotatable bonds is 6.